The van der Waals surface area contributed by atoms with Crippen molar-refractivity contribution in [3.8, 4) is 11.8 Å². The van der Waals surface area contributed by atoms with Gasteiger partial charge in [-0.2, -0.15) is 10.4 Å². The number of rotatable bonds is 7. The van der Waals surface area contributed by atoms with E-state index < -0.39 is 0 Å². The molecule has 26 heavy (non-hydrogen) atoms. The van der Waals surface area contributed by atoms with Gasteiger partial charge in [-0.05, 0) is 50.1 Å². The lowest BCUT2D eigenvalue weighted by molar-refractivity contribution is -0.116. The Morgan fingerprint density at radius 2 is 2.19 bits per heavy atom. The van der Waals surface area contributed by atoms with Gasteiger partial charge in [0.25, 0.3) is 0 Å². The van der Waals surface area contributed by atoms with Gasteiger partial charge >= 0.3 is 0 Å². The van der Waals surface area contributed by atoms with Crippen LogP contribution < -0.4 is 10.1 Å². The van der Waals surface area contributed by atoms with Crippen molar-refractivity contribution >= 4 is 17.2 Å². The molecule has 0 bridgehead atoms. The summed E-state index contributed by atoms with van der Waals surface area (Å²) in [5.41, 5.74) is 2.01. The number of benzene rings is 1. The third-order valence-corrected chi connectivity index (χ3v) is 3.75. The monoisotopic (exact) mass is 349 g/mol. The number of aryl methyl sites for hydroxylation is 1. The fraction of sp³-hybridized carbons (Fsp3) is 0.263. The Morgan fingerprint density at radius 1 is 1.31 bits per heavy atom. The van der Waals surface area contributed by atoms with Crippen LogP contribution in [0.2, 0.25) is 0 Å². The van der Waals surface area contributed by atoms with Crippen LogP contribution in [0.25, 0.3) is 5.65 Å². The molecule has 0 atom stereocenters. The lowest BCUT2D eigenvalue weighted by Crippen LogP contribution is -2.12. The number of hydrogen-bond donors (Lipinski definition) is 1. The van der Waals surface area contributed by atoms with Gasteiger partial charge in [-0.15, -0.1) is 0 Å². The molecule has 0 saturated carbocycles. The van der Waals surface area contributed by atoms with Gasteiger partial charge in [-0.3, -0.25) is 4.79 Å². The van der Waals surface area contributed by atoms with Crippen LogP contribution in [0.5, 0.6) is 5.75 Å². The Balaban J connectivity index is 1.40. The van der Waals surface area contributed by atoms with E-state index >= 15 is 0 Å². The van der Waals surface area contributed by atoms with Gasteiger partial charge < -0.3 is 10.1 Å². The Bertz CT molecular complexity index is 958. The minimum absolute atomic E-state index is 0.0485. The van der Waals surface area contributed by atoms with Gasteiger partial charge in [-0.1, -0.05) is 6.07 Å². The Labute approximate surface area is 151 Å². The first-order chi connectivity index (χ1) is 12.6. The van der Waals surface area contributed by atoms with Crippen LogP contribution in [0.4, 0.5) is 5.69 Å². The summed E-state index contributed by atoms with van der Waals surface area (Å²) in [4.78, 5) is 16.3. The van der Waals surface area contributed by atoms with Crippen molar-refractivity contribution in [1.29, 1.82) is 5.26 Å². The molecule has 7 heteroatoms. The number of nitriles is 1. The molecular weight excluding hydrogens is 330 g/mol. The summed E-state index contributed by atoms with van der Waals surface area (Å²) in [6, 6.07) is 12.7. The lowest BCUT2D eigenvalue weighted by Gasteiger charge is -2.07. The number of nitrogens with one attached hydrogen (secondary N) is 1. The molecule has 1 N–H and O–H groups in total. The third kappa shape index (κ3) is 4.57. The summed E-state index contributed by atoms with van der Waals surface area (Å²) in [5, 5.41) is 15.9. The van der Waals surface area contributed by atoms with Gasteiger partial charge in [0, 0.05) is 6.42 Å². The summed E-state index contributed by atoms with van der Waals surface area (Å²) >= 11 is 0. The van der Waals surface area contributed by atoms with Gasteiger partial charge in [0.05, 0.1) is 30.1 Å². The second-order valence-corrected chi connectivity index (χ2v) is 5.87. The molecule has 0 unspecified atom stereocenters. The van der Waals surface area contributed by atoms with E-state index in [-0.39, 0.29) is 5.91 Å². The summed E-state index contributed by atoms with van der Waals surface area (Å²) in [6.07, 6.45) is 3.63. The fourth-order valence-electron chi connectivity index (χ4n) is 2.52. The Morgan fingerprint density at radius 3 is 3.04 bits per heavy atom. The number of pyridine rings is 1. The number of carbonyl (C=O) groups is 1. The maximum atomic E-state index is 12.0. The average Bonchev–Trinajstić information content (AvgIpc) is 3.01. The Hall–Kier alpha value is -3.40. The highest BCUT2D eigenvalue weighted by atomic mass is 16.5. The van der Waals surface area contributed by atoms with E-state index in [1.165, 1.54) is 0 Å². The minimum atomic E-state index is -0.0485. The highest BCUT2D eigenvalue weighted by molar-refractivity contribution is 5.90. The number of unbranched alkanes of at least 4 members (excludes halogenated alkanes) is 1. The van der Waals surface area contributed by atoms with Crippen molar-refractivity contribution < 1.29 is 9.53 Å². The average molecular weight is 349 g/mol. The van der Waals surface area contributed by atoms with Crippen molar-refractivity contribution in [3.05, 3.63) is 54.0 Å². The fourth-order valence-corrected chi connectivity index (χ4v) is 2.52. The Kier molecular flexibility index (Phi) is 5.44. The molecule has 0 fully saturated rings. The van der Waals surface area contributed by atoms with Crippen molar-refractivity contribution in [3.63, 3.8) is 0 Å². The number of hydrogen-bond acceptors (Lipinski definition) is 5. The molecular formula is C19H19N5O2. The van der Waals surface area contributed by atoms with E-state index in [9.17, 15) is 4.79 Å². The van der Waals surface area contributed by atoms with Crippen LogP contribution >= 0.6 is 0 Å². The van der Waals surface area contributed by atoms with E-state index in [4.69, 9.17) is 10.00 Å². The molecule has 0 aliphatic heterocycles. The first-order valence-corrected chi connectivity index (χ1v) is 8.40. The standard InChI is InChI=1S/C19H19N5O2/c1-14-21-18-9-8-16(13-24(18)23-14)22-19(25)7-2-3-10-26-17-6-4-5-15(11-17)12-20/h4-6,8-9,11,13H,2-3,7,10H2,1H3,(H,22,25). The number of ether oxygens (including phenoxy) is 1. The van der Waals surface area contributed by atoms with Crippen molar-refractivity contribution in [1.82, 2.24) is 14.6 Å². The smallest absolute Gasteiger partial charge is 0.224 e. The predicted octanol–water partition coefficient (Wildman–Crippen LogP) is 3.10. The summed E-state index contributed by atoms with van der Waals surface area (Å²) in [5.74, 6) is 1.31. The number of anilines is 1. The summed E-state index contributed by atoms with van der Waals surface area (Å²) in [6.45, 7) is 2.33. The first kappa shape index (κ1) is 17.4. The van der Waals surface area contributed by atoms with E-state index in [0.29, 0.717) is 42.3 Å². The van der Waals surface area contributed by atoms with E-state index in [1.54, 1.807) is 28.9 Å². The molecule has 1 amide bonds. The molecule has 0 saturated heterocycles. The zero-order valence-corrected chi connectivity index (χ0v) is 14.5. The topological polar surface area (TPSA) is 92.3 Å². The quantitative estimate of drug-likeness (QED) is 0.662. The summed E-state index contributed by atoms with van der Waals surface area (Å²) < 4.78 is 7.24. The molecule has 3 aromatic rings. The van der Waals surface area contributed by atoms with Gasteiger partial charge in [0.15, 0.2) is 5.65 Å². The molecule has 7 nitrogen and oxygen atoms in total. The molecule has 132 valence electrons. The normalized spacial score (nSPS) is 10.5. The molecule has 1 aromatic carbocycles. The zero-order chi connectivity index (χ0) is 18.4. The van der Waals surface area contributed by atoms with Crippen LogP contribution in [0.3, 0.4) is 0 Å². The maximum Gasteiger partial charge on any atom is 0.224 e. The molecule has 0 aliphatic carbocycles. The number of carbonyl (C=O) groups excluding carboxylic acids is 1. The molecule has 2 aromatic heterocycles. The number of nitrogens with zero attached hydrogens (tertiary/aromatic N) is 4. The second kappa shape index (κ2) is 8.12. The van der Waals surface area contributed by atoms with Crippen molar-refractivity contribution in [2.24, 2.45) is 0 Å². The first-order valence-electron chi connectivity index (χ1n) is 8.40. The number of amides is 1. The highest BCUT2D eigenvalue weighted by Crippen LogP contribution is 2.14. The number of aromatic nitrogens is 3. The van der Waals surface area contributed by atoms with Gasteiger partial charge in [0.2, 0.25) is 5.91 Å². The van der Waals surface area contributed by atoms with Crippen LogP contribution in [0, 0.1) is 18.3 Å². The maximum absolute atomic E-state index is 12.0. The third-order valence-electron chi connectivity index (χ3n) is 3.75. The largest absolute Gasteiger partial charge is 0.494 e. The van der Waals surface area contributed by atoms with E-state index in [1.807, 2.05) is 25.1 Å². The predicted molar refractivity (Wildman–Crippen MR) is 96.9 cm³/mol. The minimum Gasteiger partial charge on any atom is -0.494 e. The van der Waals surface area contributed by atoms with Crippen LogP contribution in [0.1, 0.15) is 30.7 Å². The van der Waals surface area contributed by atoms with Crippen molar-refractivity contribution in [2.75, 3.05) is 11.9 Å². The molecule has 2 heterocycles. The zero-order valence-electron chi connectivity index (χ0n) is 14.5. The number of fused-ring (bicyclic) bond motifs is 1. The molecule has 0 spiro atoms. The van der Waals surface area contributed by atoms with Crippen LogP contribution in [-0.2, 0) is 4.79 Å². The molecule has 0 aliphatic rings. The van der Waals surface area contributed by atoms with Gasteiger partial charge in [0.1, 0.15) is 11.6 Å². The molecule has 3 rings (SSSR count). The lowest BCUT2D eigenvalue weighted by atomic mass is 10.2. The molecule has 0 radical (unpaired) electrons. The highest BCUT2D eigenvalue weighted by Gasteiger charge is 2.05. The summed E-state index contributed by atoms with van der Waals surface area (Å²) in [7, 11) is 0. The van der Waals surface area contributed by atoms with Gasteiger partial charge in [-0.25, -0.2) is 9.50 Å². The van der Waals surface area contributed by atoms with E-state index in [2.05, 4.69) is 21.5 Å². The van der Waals surface area contributed by atoms with E-state index in [0.717, 1.165) is 12.1 Å². The van der Waals surface area contributed by atoms with Crippen molar-refractivity contribution in [2.45, 2.75) is 26.2 Å². The second-order valence-electron chi connectivity index (χ2n) is 5.87. The SMILES string of the molecule is Cc1nc2ccc(NC(=O)CCCCOc3cccc(C#N)c3)cn2n1. The van der Waals surface area contributed by atoms with Crippen LogP contribution in [0.15, 0.2) is 42.6 Å². The van der Waals surface area contributed by atoms with Crippen LogP contribution in [-0.4, -0.2) is 27.1 Å².